The van der Waals surface area contributed by atoms with Gasteiger partial charge in [-0.3, -0.25) is 4.90 Å². The van der Waals surface area contributed by atoms with Crippen molar-refractivity contribution >= 4 is 29.9 Å². The van der Waals surface area contributed by atoms with Gasteiger partial charge in [0.15, 0.2) is 11.8 Å². The molecule has 9 nitrogen and oxygen atoms in total. The van der Waals surface area contributed by atoms with Gasteiger partial charge in [0.05, 0.1) is 19.8 Å². The van der Waals surface area contributed by atoms with Gasteiger partial charge in [0.2, 0.25) is 0 Å². The fourth-order valence-corrected chi connectivity index (χ4v) is 2.46. The highest BCUT2D eigenvalue weighted by molar-refractivity contribution is 14.0. The zero-order chi connectivity index (χ0) is 17.9. The number of aryl methyl sites for hydroxylation is 1. The summed E-state index contributed by atoms with van der Waals surface area (Å²) in [5.74, 6) is 2.50. The number of hydrogen-bond acceptors (Lipinski definition) is 6. The Bertz CT molecular complexity index is 533. The van der Waals surface area contributed by atoms with E-state index in [0.29, 0.717) is 13.2 Å². The summed E-state index contributed by atoms with van der Waals surface area (Å²) < 4.78 is 12.7. The van der Waals surface area contributed by atoms with Gasteiger partial charge in [-0.2, -0.15) is 0 Å². The molecule has 26 heavy (non-hydrogen) atoms. The largest absolute Gasteiger partial charge is 0.380 e. The number of ether oxygens (including phenoxy) is 2. The van der Waals surface area contributed by atoms with Gasteiger partial charge >= 0.3 is 0 Å². The molecule has 1 aromatic rings. The summed E-state index contributed by atoms with van der Waals surface area (Å²) in [6.45, 7) is 11.9. The van der Waals surface area contributed by atoms with Gasteiger partial charge in [0.1, 0.15) is 12.4 Å². The third kappa shape index (κ3) is 8.14. The van der Waals surface area contributed by atoms with Crippen LogP contribution in [-0.2, 0) is 23.1 Å². The van der Waals surface area contributed by atoms with Crippen LogP contribution < -0.4 is 10.6 Å². The van der Waals surface area contributed by atoms with Gasteiger partial charge in [-0.25, -0.2) is 4.99 Å². The molecule has 0 aliphatic carbocycles. The zero-order valence-electron chi connectivity index (χ0n) is 16.0. The molecule has 1 aromatic heterocycles. The molecule has 0 aromatic carbocycles. The molecule has 1 fully saturated rings. The molecule has 0 radical (unpaired) electrons. The number of halogens is 1. The maximum atomic E-state index is 5.38. The van der Waals surface area contributed by atoms with Gasteiger partial charge in [-0.1, -0.05) is 0 Å². The Labute approximate surface area is 172 Å². The molecular weight excluding hydrogens is 449 g/mol. The lowest BCUT2D eigenvalue weighted by atomic mass is 10.4. The van der Waals surface area contributed by atoms with Crippen LogP contribution in [0.4, 0.5) is 0 Å². The molecule has 0 atom stereocenters. The topological polar surface area (TPSA) is 88.8 Å². The van der Waals surface area contributed by atoms with E-state index < -0.39 is 0 Å². The van der Waals surface area contributed by atoms with Crippen molar-refractivity contribution in [1.29, 1.82) is 0 Å². The fraction of sp³-hybridized carbons (Fsp3) is 0.812. The summed E-state index contributed by atoms with van der Waals surface area (Å²) in [5, 5.41) is 14.9. The minimum atomic E-state index is 0. The van der Waals surface area contributed by atoms with E-state index >= 15 is 0 Å². The summed E-state index contributed by atoms with van der Waals surface area (Å²) in [4.78, 5) is 7.01. The summed E-state index contributed by atoms with van der Waals surface area (Å²) >= 11 is 0. The molecule has 0 amide bonds. The molecule has 150 valence electrons. The van der Waals surface area contributed by atoms with Crippen molar-refractivity contribution in [1.82, 2.24) is 30.3 Å². The summed E-state index contributed by atoms with van der Waals surface area (Å²) in [5.41, 5.74) is 0. The Hall–Kier alpha value is -0.980. The van der Waals surface area contributed by atoms with Crippen molar-refractivity contribution in [3.8, 4) is 0 Å². The first-order valence-electron chi connectivity index (χ1n) is 8.95. The van der Waals surface area contributed by atoms with E-state index in [1.807, 2.05) is 25.5 Å². The van der Waals surface area contributed by atoms with Crippen molar-refractivity contribution in [2.75, 3.05) is 59.2 Å². The number of aliphatic imine (C=N–C) groups is 1. The molecule has 1 aliphatic rings. The number of hydrogen-bond donors (Lipinski definition) is 2. The lowest BCUT2D eigenvalue weighted by molar-refractivity contribution is 0.0389. The zero-order valence-corrected chi connectivity index (χ0v) is 18.4. The Balaban J connectivity index is 0.00000338. The number of guanidine groups is 1. The second-order valence-electron chi connectivity index (χ2n) is 5.89. The Morgan fingerprint density at radius 1 is 1.23 bits per heavy atom. The highest BCUT2D eigenvalue weighted by Crippen LogP contribution is 1.99. The third-order valence-electron chi connectivity index (χ3n) is 4.13. The first-order chi connectivity index (χ1) is 12.2. The van der Waals surface area contributed by atoms with Crippen LogP contribution in [0.3, 0.4) is 0 Å². The van der Waals surface area contributed by atoms with Crippen molar-refractivity contribution in [3.05, 3.63) is 11.6 Å². The number of rotatable bonds is 9. The second-order valence-corrected chi connectivity index (χ2v) is 5.89. The lowest BCUT2D eigenvalue weighted by Crippen LogP contribution is -2.45. The first kappa shape index (κ1) is 23.1. The van der Waals surface area contributed by atoms with E-state index in [2.05, 4.69) is 30.7 Å². The lowest BCUT2D eigenvalue weighted by Gasteiger charge is -2.26. The maximum absolute atomic E-state index is 5.38. The van der Waals surface area contributed by atoms with Crippen molar-refractivity contribution in [2.45, 2.75) is 20.4 Å². The van der Waals surface area contributed by atoms with E-state index in [0.717, 1.165) is 70.2 Å². The molecule has 0 spiro atoms. The molecule has 2 N–H and O–H groups in total. The predicted octanol–water partition coefficient (Wildman–Crippen LogP) is 0.145. The SMILES string of the molecule is CCOCCNC(=NCc1nnc(C)n1C)NCCN1CCOCC1.I. The molecule has 0 bridgehead atoms. The molecule has 2 rings (SSSR count). The Kier molecular flexibility index (Phi) is 11.7. The van der Waals surface area contributed by atoms with Crippen molar-refractivity contribution in [2.24, 2.45) is 12.0 Å². The van der Waals surface area contributed by atoms with Gasteiger partial charge in [0, 0.05) is 46.4 Å². The minimum absolute atomic E-state index is 0. The third-order valence-corrected chi connectivity index (χ3v) is 4.13. The number of nitrogens with zero attached hydrogens (tertiary/aromatic N) is 5. The van der Waals surface area contributed by atoms with Crippen LogP contribution in [0.25, 0.3) is 0 Å². The van der Waals surface area contributed by atoms with Crippen LogP contribution in [0.5, 0.6) is 0 Å². The van der Waals surface area contributed by atoms with Crippen molar-refractivity contribution in [3.63, 3.8) is 0 Å². The van der Waals surface area contributed by atoms with Gasteiger partial charge < -0.3 is 24.7 Å². The van der Waals surface area contributed by atoms with E-state index in [1.165, 1.54) is 0 Å². The minimum Gasteiger partial charge on any atom is -0.380 e. The quantitative estimate of drug-likeness (QED) is 0.225. The van der Waals surface area contributed by atoms with Crippen LogP contribution >= 0.6 is 24.0 Å². The summed E-state index contributed by atoms with van der Waals surface area (Å²) in [6, 6.07) is 0. The molecular formula is C16H32IN7O2. The maximum Gasteiger partial charge on any atom is 0.191 e. The van der Waals surface area contributed by atoms with Gasteiger partial charge in [0.25, 0.3) is 0 Å². The van der Waals surface area contributed by atoms with Gasteiger partial charge in [-0.15, -0.1) is 34.2 Å². The van der Waals surface area contributed by atoms with Crippen LogP contribution in [0.1, 0.15) is 18.6 Å². The highest BCUT2D eigenvalue weighted by Gasteiger charge is 2.10. The van der Waals surface area contributed by atoms with E-state index in [1.54, 1.807) is 0 Å². The molecule has 1 saturated heterocycles. The van der Waals surface area contributed by atoms with Crippen LogP contribution in [0.2, 0.25) is 0 Å². The number of aromatic nitrogens is 3. The second kappa shape index (κ2) is 13.2. The molecule has 0 saturated carbocycles. The van der Waals surface area contributed by atoms with Crippen molar-refractivity contribution < 1.29 is 9.47 Å². The Morgan fingerprint density at radius 3 is 2.62 bits per heavy atom. The smallest absolute Gasteiger partial charge is 0.191 e. The van der Waals surface area contributed by atoms with Crippen LogP contribution in [0.15, 0.2) is 4.99 Å². The average Bonchev–Trinajstić information content (AvgIpc) is 2.95. The summed E-state index contributed by atoms with van der Waals surface area (Å²) in [6.07, 6.45) is 0. The van der Waals surface area contributed by atoms with Crippen LogP contribution in [0, 0.1) is 6.92 Å². The van der Waals surface area contributed by atoms with E-state index in [4.69, 9.17) is 9.47 Å². The highest BCUT2D eigenvalue weighted by atomic mass is 127. The van der Waals surface area contributed by atoms with E-state index in [-0.39, 0.29) is 24.0 Å². The predicted molar refractivity (Wildman–Crippen MR) is 112 cm³/mol. The van der Waals surface area contributed by atoms with Crippen LogP contribution in [-0.4, -0.2) is 84.8 Å². The molecule has 10 heteroatoms. The summed E-state index contributed by atoms with van der Waals surface area (Å²) in [7, 11) is 1.95. The monoisotopic (exact) mass is 481 g/mol. The standard InChI is InChI=1S/C16H31N7O2.HI/c1-4-24-10-6-18-16(17-5-7-23-8-11-25-12-9-23)19-13-15-21-20-14(2)22(15)3;/h4-13H2,1-3H3,(H2,17,18,19);1H. The fourth-order valence-electron chi connectivity index (χ4n) is 2.46. The van der Waals surface area contributed by atoms with Gasteiger partial charge in [-0.05, 0) is 13.8 Å². The average molecular weight is 481 g/mol. The molecule has 2 heterocycles. The first-order valence-corrected chi connectivity index (χ1v) is 8.95. The number of morpholine rings is 1. The number of nitrogens with one attached hydrogen (secondary N) is 2. The molecule has 1 aliphatic heterocycles. The van der Waals surface area contributed by atoms with E-state index in [9.17, 15) is 0 Å². The Morgan fingerprint density at radius 2 is 1.96 bits per heavy atom. The molecule has 0 unspecified atom stereocenters. The normalized spacial score (nSPS) is 15.6.